The molecule has 1 rings (SSSR count). The molecule has 172 valence electrons. The first-order valence-corrected chi connectivity index (χ1v) is 11.1. The Balaban J connectivity index is 3.97. The lowest BCUT2D eigenvalue weighted by atomic mass is 9.66. The van der Waals surface area contributed by atoms with E-state index in [0.29, 0.717) is 37.0 Å². The highest BCUT2D eigenvalue weighted by atomic mass is 16.5. The number of Topliss-reactive ketones (excluding diaryl/α,β-unsaturated/α-hetero) is 2. The van der Waals surface area contributed by atoms with Gasteiger partial charge >= 0.3 is 0 Å². The molecule has 0 fully saturated rings. The van der Waals surface area contributed by atoms with E-state index in [9.17, 15) is 14.7 Å². The van der Waals surface area contributed by atoms with E-state index in [0.717, 1.165) is 16.7 Å². The molecular formula is C27H40O4. The highest BCUT2D eigenvalue weighted by Gasteiger charge is 2.51. The van der Waals surface area contributed by atoms with E-state index in [2.05, 4.69) is 0 Å². The minimum Gasteiger partial charge on any atom is -0.507 e. The lowest BCUT2D eigenvalue weighted by Gasteiger charge is -2.38. The number of allylic oxidation sites excluding steroid dienone is 9. The summed E-state index contributed by atoms with van der Waals surface area (Å²) in [7, 11) is 1.54. The molecule has 0 bridgehead atoms. The third-order valence-electron chi connectivity index (χ3n) is 5.84. The Bertz CT molecular complexity index is 830. The summed E-state index contributed by atoms with van der Waals surface area (Å²) in [6.45, 7) is 15.6. The van der Waals surface area contributed by atoms with Gasteiger partial charge in [-0.05, 0) is 67.2 Å². The Morgan fingerprint density at radius 2 is 1.48 bits per heavy atom. The Hall–Kier alpha value is -2.36. The average molecular weight is 429 g/mol. The van der Waals surface area contributed by atoms with Crippen molar-refractivity contribution in [2.45, 2.75) is 81.1 Å². The van der Waals surface area contributed by atoms with Crippen LogP contribution >= 0.6 is 0 Å². The van der Waals surface area contributed by atoms with E-state index in [1.807, 2.05) is 66.7 Å². The van der Waals surface area contributed by atoms with Crippen molar-refractivity contribution in [3.05, 3.63) is 57.6 Å². The molecule has 1 unspecified atom stereocenters. The summed E-state index contributed by atoms with van der Waals surface area (Å²) in [5.74, 6) is -0.755. The van der Waals surface area contributed by atoms with Crippen molar-refractivity contribution in [1.29, 1.82) is 0 Å². The monoisotopic (exact) mass is 428 g/mol. The fourth-order valence-corrected chi connectivity index (χ4v) is 3.68. The number of aliphatic hydroxyl groups excluding tert-OH is 1. The minimum atomic E-state index is -1.06. The first-order valence-electron chi connectivity index (χ1n) is 11.1. The van der Waals surface area contributed by atoms with Crippen LogP contribution in [0.1, 0.15) is 81.1 Å². The normalized spacial score (nSPS) is 16.6. The van der Waals surface area contributed by atoms with E-state index in [4.69, 9.17) is 4.74 Å². The number of hydrogen-bond donors (Lipinski definition) is 1. The first kappa shape index (κ1) is 26.7. The van der Waals surface area contributed by atoms with Crippen LogP contribution < -0.4 is 0 Å². The molecule has 0 saturated carbocycles. The molecule has 4 heteroatoms. The predicted octanol–water partition coefficient (Wildman–Crippen LogP) is 6.95. The van der Waals surface area contributed by atoms with Gasteiger partial charge < -0.3 is 9.84 Å². The molecule has 1 atom stereocenters. The summed E-state index contributed by atoms with van der Waals surface area (Å²) >= 11 is 0. The summed E-state index contributed by atoms with van der Waals surface area (Å²) in [5, 5.41) is 11.2. The molecule has 1 aliphatic rings. The fourth-order valence-electron chi connectivity index (χ4n) is 3.68. The molecule has 0 aliphatic heterocycles. The van der Waals surface area contributed by atoms with Crippen LogP contribution in [0.4, 0.5) is 0 Å². The van der Waals surface area contributed by atoms with Gasteiger partial charge in [-0.3, -0.25) is 9.59 Å². The summed E-state index contributed by atoms with van der Waals surface area (Å²) in [5.41, 5.74) is 2.65. The molecule has 0 heterocycles. The number of rotatable bonds is 10. The zero-order valence-corrected chi connectivity index (χ0v) is 20.8. The van der Waals surface area contributed by atoms with Crippen molar-refractivity contribution in [2.75, 3.05) is 7.11 Å². The van der Waals surface area contributed by atoms with Crippen molar-refractivity contribution >= 4 is 11.6 Å². The maximum Gasteiger partial charge on any atom is 0.184 e. The van der Waals surface area contributed by atoms with E-state index in [1.165, 1.54) is 0 Å². The quantitative estimate of drug-likeness (QED) is 0.302. The second-order valence-corrected chi connectivity index (χ2v) is 9.28. The van der Waals surface area contributed by atoms with Gasteiger partial charge in [-0.25, -0.2) is 0 Å². The molecular weight excluding hydrogens is 388 g/mol. The number of aliphatic hydroxyl groups is 1. The molecule has 0 saturated heterocycles. The van der Waals surface area contributed by atoms with E-state index in [-0.39, 0.29) is 28.8 Å². The molecule has 4 nitrogen and oxygen atoms in total. The number of hydrogen-bond acceptors (Lipinski definition) is 4. The summed E-state index contributed by atoms with van der Waals surface area (Å²) in [6, 6.07) is 0. The average Bonchev–Trinajstić information content (AvgIpc) is 2.70. The summed E-state index contributed by atoms with van der Waals surface area (Å²) in [6.07, 6.45) is 7.82. The van der Waals surface area contributed by atoms with Crippen LogP contribution in [0, 0.1) is 11.3 Å². The molecule has 1 N–H and O–H groups in total. The largest absolute Gasteiger partial charge is 0.507 e. The van der Waals surface area contributed by atoms with Gasteiger partial charge in [0.2, 0.25) is 0 Å². The van der Waals surface area contributed by atoms with Crippen LogP contribution in [0.2, 0.25) is 0 Å². The summed E-state index contributed by atoms with van der Waals surface area (Å²) < 4.78 is 5.84. The van der Waals surface area contributed by atoms with Crippen molar-refractivity contribution in [2.24, 2.45) is 11.3 Å². The van der Waals surface area contributed by atoms with Crippen LogP contribution in [-0.2, 0) is 14.3 Å². The van der Waals surface area contributed by atoms with Gasteiger partial charge in [0.05, 0.1) is 12.5 Å². The van der Waals surface area contributed by atoms with Crippen molar-refractivity contribution < 1.29 is 19.4 Å². The number of ether oxygens (including phenoxy) is 1. The molecule has 1 aliphatic carbocycles. The van der Waals surface area contributed by atoms with Gasteiger partial charge in [-0.1, -0.05) is 48.8 Å². The second kappa shape index (κ2) is 11.3. The first-order chi connectivity index (χ1) is 14.4. The van der Waals surface area contributed by atoms with Crippen LogP contribution in [-0.4, -0.2) is 23.8 Å². The molecule has 31 heavy (non-hydrogen) atoms. The maximum absolute atomic E-state index is 14.0. The van der Waals surface area contributed by atoms with Crippen LogP contribution in [0.3, 0.4) is 0 Å². The molecule has 0 aromatic heterocycles. The van der Waals surface area contributed by atoms with Crippen LogP contribution in [0.5, 0.6) is 0 Å². The van der Waals surface area contributed by atoms with E-state index >= 15 is 0 Å². The van der Waals surface area contributed by atoms with Crippen LogP contribution in [0.25, 0.3) is 0 Å². The highest BCUT2D eigenvalue weighted by molar-refractivity contribution is 6.25. The van der Waals surface area contributed by atoms with Crippen LogP contribution in [0.15, 0.2) is 57.6 Å². The number of carbonyl (C=O) groups is 2. The Kier molecular flexibility index (Phi) is 9.73. The van der Waals surface area contributed by atoms with Gasteiger partial charge in [-0.15, -0.1) is 0 Å². The lowest BCUT2D eigenvalue weighted by Crippen LogP contribution is -2.42. The number of ketones is 2. The van der Waals surface area contributed by atoms with Gasteiger partial charge in [-0.2, -0.15) is 0 Å². The third kappa shape index (κ3) is 6.09. The van der Waals surface area contributed by atoms with Crippen molar-refractivity contribution in [3.63, 3.8) is 0 Å². The van der Waals surface area contributed by atoms with E-state index < -0.39 is 5.41 Å². The van der Waals surface area contributed by atoms with Gasteiger partial charge in [0.1, 0.15) is 17.1 Å². The predicted molar refractivity (Wildman–Crippen MR) is 128 cm³/mol. The number of methoxy groups -OCH3 is 1. The zero-order valence-electron chi connectivity index (χ0n) is 20.8. The molecule has 0 aromatic rings. The number of carbonyl (C=O) groups excluding carboxylic acids is 2. The topological polar surface area (TPSA) is 63.6 Å². The SMILES string of the molecule is CCC(C)C(=O)C1=C(O)C(CC=C(C)C)=C(OC)C(CC=C(C)C)(CC=C(C)C)C1=O. The third-order valence-corrected chi connectivity index (χ3v) is 5.84. The van der Waals surface area contributed by atoms with E-state index in [1.54, 1.807) is 14.0 Å². The lowest BCUT2D eigenvalue weighted by molar-refractivity contribution is -0.129. The van der Waals surface area contributed by atoms with Gasteiger partial charge in [0.25, 0.3) is 0 Å². The Morgan fingerprint density at radius 1 is 1.00 bits per heavy atom. The zero-order chi connectivity index (χ0) is 23.9. The maximum atomic E-state index is 14.0. The van der Waals surface area contributed by atoms with Gasteiger partial charge in [0, 0.05) is 11.5 Å². The smallest absolute Gasteiger partial charge is 0.184 e. The highest BCUT2D eigenvalue weighted by Crippen LogP contribution is 2.48. The molecule has 0 radical (unpaired) electrons. The minimum absolute atomic E-state index is 0.0726. The van der Waals surface area contributed by atoms with Crippen molar-refractivity contribution in [3.8, 4) is 0 Å². The fraction of sp³-hybridized carbons (Fsp3) is 0.556. The molecule has 0 aromatic carbocycles. The Labute approximate surface area is 188 Å². The van der Waals surface area contributed by atoms with Gasteiger partial charge in [0.15, 0.2) is 11.6 Å². The second-order valence-electron chi connectivity index (χ2n) is 9.28. The molecule has 0 spiro atoms. The van der Waals surface area contributed by atoms with Crippen molar-refractivity contribution in [1.82, 2.24) is 0 Å². The Morgan fingerprint density at radius 3 is 1.87 bits per heavy atom. The molecule has 0 amide bonds. The summed E-state index contributed by atoms with van der Waals surface area (Å²) in [4.78, 5) is 27.2. The standard InChI is InChI=1S/C27H40O4/c1-10-20(8)23(28)22-24(29)21(12-11-17(2)3)26(31-9)27(25(22)30,15-13-18(4)5)16-14-19(6)7/h11,13-14,20,29H,10,12,15-16H2,1-9H3.